The van der Waals surface area contributed by atoms with Crippen LogP contribution in [0.15, 0.2) is 134 Å². The van der Waals surface area contributed by atoms with E-state index in [4.69, 9.17) is 21.4 Å². The Kier molecular flexibility index (Phi) is 11.1. The van der Waals surface area contributed by atoms with E-state index < -0.39 is 0 Å². The van der Waals surface area contributed by atoms with Crippen molar-refractivity contribution in [3.8, 4) is 5.69 Å². The highest BCUT2D eigenvalue weighted by Crippen LogP contribution is 2.45. The van der Waals surface area contributed by atoms with Crippen LogP contribution in [0.3, 0.4) is 0 Å². The first-order valence-electron chi connectivity index (χ1n) is 19.5. The summed E-state index contributed by atoms with van der Waals surface area (Å²) < 4.78 is 3.97. The first kappa shape index (κ1) is 37.7. The van der Waals surface area contributed by atoms with E-state index in [2.05, 4.69) is 139 Å². The largest absolute Gasteiger partial charge is 0.398 e. The molecule has 6 aromatic rings. The van der Waals surface area contributed by atoms with Crippen LogP contribution in [0.2, 0.25) is 0 Å². The summed E-state index contributed by atoms with van der Waals surface area (Å²) in [5.41, 5.74) is 27.8. The number of fused-ring (bicyclic) bond motifs is 4. The number of rotatable bonds is 13. The topological polar surface area (TPSA) is 108 Å². The maximum atomic E-state index is 6.36. The summed E-state index contributed by atoms with van der Waals surface area (Å²) in [5.74, 6) is 0. The summed E-state index contributed by atoms with van der Waals surface area (Å²) in [6, 6.07) is 33.4. The molecular weight excluding hydrogens is 824 g/mol. The zero-order chi connectivity index (χ0) is 38.8. The number of allylic oxidation sites excluding steroid dienone is 1. The average Bonchev–Trinajstić information content (AvgIpc) is 3.19. The normalized spacial score (nSPS) is 14.9. The third-order valence-electron chi connectivity index (χ3n) is 10.7. The second-order valence-corrected chi connectivity index (χ2v) is 16.4. The molecule has 0 amide bonds. The molecule has 6 N–H and O–H groups in total. The van der Waals surface area contributed by atoms with Crippen LogP contribution in [0.1, 0.15) is 51.0 Å². The van der Waals surface area contributed by atoms with Gasteiger partial charge in [0.1, 0.15) is 11.0 Å². The lowest BCUT2D eigenvalue weighted by Gasteiger charge is -2.38. The summed E-state index contributed by atoms with van der Waals surface area (Å²) in [6.07, 6.45) is 11.7. The number of nitrogens with two attached hydrogens (primary N) is 2. The number of hydrogen-bond donors (Lipinski definition) is 4. The van der Waals surface area contributed by atoms with Gasteiger partial charge in [0, 0.05) is 69.1 Å². The van der Waals surface area contributed by atoms with Gasteiger partial charge in [-0.2, -0.15) is 0 Å². The van der Waals surface area contributed by atoms with Crippen LogP contribution in [-0.4, -0.2) is 29.8 Å². The van der Waals surface area contributed by atoms with Crippen molar-refractivity contribution in [3.05, 3.63) is 135 Å². The van der Waals surface area contributed by atoms with E-state index in [0.717, 1.165) is 91.1 Å². The van der Waals surface area contributed by atoms with Crippen molar-refractivity contribution in [2.75, 3.05) is 34.8 Å². The first-order chi connectivity index (χ1) is 27.2. The van der Waals surface area contributed by atoms with E-state index in [1.807, 2.05) is 36.4 Å². The third kappa shape index (κ3) is 7.77. The molecule has 0 fully saturated rings. The number of nitrogen functional groups attached to an aromatic ring is 2. The van der Waals surface area contributed by atoms with Gasteiger partial charge in [0.05, 0.1) is 28.8 Å². The Morgan fingerprint density at radius 1 is 0.714 bits per heavy atom. The molecule has 0 saturated carbocycles. The van der Waals surface area contributed by atoms with Gasteiger partial charge in [-0.05, 0) is 118 Å². The summed E-state index contributed by atoms with van der Waals surface area (Å²) >= 11 is 7.19. The zero-order valence-electron chi connectivity index (χ0n) is 31.8. The molecule has 0 radical (unpaired) electrons. The number of aromatic nitrogens is 2. The molecule has 1 aliphatic carbocycles. The van der Waals surface area contributed by atoms with E-state index in [1.54, 1.807) is 0 Å². The lowest BCUT2D eigenvalue weighted by molar-refractivity contribution is -0.538. The molecule has 1 aromatic heterocycles. The predicted molar refractivity (Wildman–Crippen MR) is 242 cm³/mol. The molecular formula is C46H47Br2N8+. The van der Waals surface area contributed by atoms with Gasteiger partial charge in [-0.15, -0.1) is 4.57 Å². The maximum Gasteiger partial charge on any atom is 0.239 e. The van der Waals surface area contributed by atoms with Crippen molar-refractivity contribution in [3.63, 3.8) is 0 Å². The molecule has 1 aliphatic heterocycles. The molecule has 2 heterocycles. The van der Waals surface area contributed by atoms with Crippen LogP contribution >= 0.6 is 31.9 Å². The SMILES string of the molecule is CC1=CC2=Nc3cc(Br)c(N)cc3N(c3ccccc3)C2C=C1NCCCCCCCCNc1cc2c(cc1C)nc1cc(Br)c(N)cc1[n+]2-c1ccccc1. The summed E-state index contributed by atoms with van der Waals surface area (Å²) in [6.45, 7) is 6.20. The highest BCUT2D eigenvalue weighted by atomic mass is 79.9. The van der Waals surface area contributed by atoms with Crippen LogP contribution in [0.4, 0.5) is 34.1 Å². The monoisotopic (exact) mass is 869 g/mol. The van der Waals surface area contributed by atoms with E-state index in [1.165, 1.54) is 42.5 Å². The van der Waals surface area contributed by atoms with Gasteiger partial charge >= 0.3 is 0 Å². The number of halogens is 2. The number of hydrogen-bond acceptors (Lipinski definition) is 7. The maximum absolute atomic E-state index is 6.36. The summed E-state index contributed by atoms with van der Waals surface area (Å²) in [5, 5.41) is 7.48. The minimum Gasteiger partial charge on any atom is -0.398 e. The van der Waals surface area contributed by atoms with Gasteiger partial charge in [-0.25, -0.2) is 9.98 Å². The molecule has 1 atom stereocenters. The Balaban J connectivity index is 0.842. The van der Waals surface area contributed by atoms with Crippen LogP contribution in [0.5, 0.6) is 0 Å². The van der Waals surface area contributed by atoms with Gasteiger partial charge in [0.25, 0.3) is 0 Å². The third-order valence-corrected chi connectivity index (χ3v) is 12.1. The highest BCUT2D eigenvalue weighted by molar-refractivity contribution is 9.11. The standard InChI is InChI=1S/C46H46Br2N8/c1-29-21-39-45(55(31-15-9-7-10-16-31)43-25-35(49)33(47)23-41(43)53-39)27-37(29)51-19-13-5-3-4-6-14-20-52-38-28-46-40(22-30(38)2)54-42-24-34(48)36(50)26-44(42)56(46)32-17-11-8-12-18-32/h7-12,15-18,21-28,45,51H,3-6,13-14,19-20,49H2,1-2H3,(H2,50,52)/p+1. The van der Waals surface area contributed by atoms with E-state index >= 15 is 0 Å². The number of benzene rings is 5. The molecule has 56 heavy (non-hydrogen) atoms. The van der Waals surface area contributed by atoms with E-state index in [0.29, 0.717) is 11.4 Å². The van der Waals surface area contributed by atoms with E-state index in [9.17, 15) is 0 Å². The molecule has 1 unspecified atom stereocenters. The Morgan fingerprint density at radius 2 is 1.34 bits per heavy atom. The Morgan fingerprint density at radius 3 is 2.09 bits per heavy atom. The second kappa shape index (κ2) is 16.5. The second-order valence-electron chi connectivity index (χ2n) is 14.7. The predicted octanol–water partition coefficient (Wildman–Crippen LogP) is 11.1. The highest BCUT2D eigenvalue weighted by Gasteiger charge is 2.32. The van der Waals surface area contributed by atoms with Crippen molar-refractivity contribution in [1.29, 1.82) is 0 Å². The number of anilines is 5. The molecule has 8 nitrogen and oxygen atoms in total. The molecule has 5 aromatic carbocycles. The number of nitrogens with zero attached hydrogens (tertiary/aromatic N) is 4. The fraction of sp³-hybridized carbons (Fsp3) is 0.239. The number of unbranched alkanes of at least 4 members (excludes halogenated alkanes) is 5. The van der Waals surface area contributed by atoms with Crippen molar-refractivity contribution in [1.82, 2.24) is 10.3 Å². The van der Waals surface area contributed by atoms with Gasteiger partial charge in [0.2, 0.25) is 16.7 Å². The first-order valence-corrected chi connectivity index (χ1v) is 21.0. The number of para-hydroxylation sites is 2. The quantitative estimate of drug-likeness (QED) is 0.0398. The van der Waals surface area contributed by atoms with Crippen LogP contribution in [0.25, 0.3) is 27.8 Å². The molecule has 0 bridgehead atoms. The van der Waals surface area contributed by atoms with E-state index in [-0.39, 0.29) is 6.04 Å². The zero-order valence-corrected chi connectivity index (χ0v) is 35.0. The molecule has 0 spiro atoms. The average molecular weight is 872 g/mol. The molecule has 8 rings (SSSR count). The number of aliphatic imine (C=N–C) groups is 1. The van der Waals surface area contributed by atoms with Crippen LogP contribution in [0, 0.1) is 6.92 Å². The Hall–Kier alpha value is -5.19. The molecule has 0 saturated heterocycles. The van der Waals surface area contributed by atoms with Crippen LogP contribution < -0.4 is 31.6 Å². The fourth-order valence-corrected chi connectivity index (χ4v) is 8.45. The fourth-order valence-electron chi connectivity index (χ4n) is 7.78. The molecule has 2 aliphatic rings. The van der Waals surface area contributed by atoms with Crippen molar-refractivity contribution in [2.24, 2.45) is 4.99 Å². The molecule has 284 valence electrons. The van der Waals surface area contributed by atoms with Crippen molar-refractivity contribution in [2.45, 2.75) is 58.4 Å². The number of nitrogens with one attached hydrogen (secondary N) is 2. The number of aryl methyl sites for hydroxylation is 1. The smallest absolute Gasteiger partial charge is 0.239 e. The van der Waals surface area contributed by atoms with Gasteiger partial charge in [-0.1, -0.05) is 62.1 Å². The van der Waals surface area contributed by atoms with Gasteiger partial charge < -0.3 is 27.0 Å². The minimum atomic E-state index is -0.0214. The lowest BCUT2D eigenvalue weighted by atomic mass is 9.94. The molecule has 10 heteroatoms. The summed E-state index contributed by atoms with van der Waals surface area (Å²) in [7, 11) is 0. The minimum absolute atomic E-state index is 0.0214. The summed E-state index contributed by atoms with van der Waals surface area (Å²) in [4.78, 5) is 12.5. The van der Waals surface area contributed by atoms with Gasteiger partial charge in [-0.3, -0.25) is 0 Å². The Bertz CT molecular complexity index is 2510. The Labute approximate surface area is 345 Å². The van der Waals surface area contributed by atoms with Gasteiger partial charge in [0.15, 0.2) is 0 Å². The van der Waals surface area contributed by atoms with Crippen molar-refractivity contribution >= 4 is 93.8 Å². The van der Waals surface area contributed by atoms with Crippen LogP contribution in [-0.2, 0) is 0 Å². The lowest BCUT2D eigenvalue weighted by Crippen LogP contribution is -2.41. The van der Waals surface area contributed by atoms with Crippen molar-refractivity contribution < 1.29 is 4.57 Å².